The SMILES string of the molecule is C[C@@]1(F)[C@H](O)[C@@H](CO)O[C@H]1n1ccc(NC(=O)c2ccccc2)nc1=O. The van der Waals surface area contributed by atoms with Crippen molar-refractivity contribution in [2.75, 3.05) is 11.9 Å². The summed E-state index contributed by atoms with van der Waals surface area (Å²) >= 11 is 0. The molecule has 2 aromatic rings. The third-order valence-electron chi connectivity index (χ3n) is 4.26. The van der Waals surface area contributed by atoms with E-state index in [9.17, 15) is 19.1 Å². The van der Waals surface area contributed by atoms with Crippen molar-refractivity contribution in [2.45, 2.75) is 31.0 Å². The minimum atomic E-state index is -2.30. The monoisotopic (exact) mass is 363 g/mol. The van der Waals surface area contributed by atoms with Gasteiger partial charge in [0, 0.05) is 11.8 Å². The Morgan fingerprint density at radius 1 is 1.38 bits per heavy atom. The van der Waals surface area contributed by atoms with Gasteiger partial charge in [0.05, 0.1) is 6.61 Å². The summed E-state index contributed by atoms with van der Waals surface area (Å²) in [6, 6.07) is 9.69. The molecule has 26 heavy (non-hydrogen) atoms. The summed E-state index contributed by atoms with van der Waals surface area (Å²) in [7, 11) is 0. The van der Waals surface area contributed by atoms with Gasteiger partial charge in [0.25, 0.3) is 5.91 Å². The number of amides is 1. The lowest BCUT2D eigenvalue weighted by Gasteiger charge is -2.24. The molecule has 3 rings (SSSR count). The summed E-state index contributed by atoms with van der Waals surface area (Å²) in [5, 5.41) is 21.5. The van der Waals surface area contributed by atoms with Crippen molar-refractivity contribution in [1.29, 1.82) is 0 Å². The van der Waals surface area contributed by atoms with Gasteiger partial charge in [0.15, 0.2) is 11.9 Å². The van der Waals surface area contributed by atoms with Crippen molar-refractivity contribution in [1.82, 2.24) is 9.55 Å². The van der Waals surface area contributed by atoms with Crippen LogP contribution in [0.3, 0.4) is 0 Å². The first-order valence-electron chi connectivity index (χ1n) is 7.93. The lowest BCUT2D eigenvalue weighted by molar-refractivity contribution is -0.0610. The average molecular weight is 363 g/mol. The summed E-state index contributed by atoms with van der Waals surface area (Å²) in [6.45, 7) is 0.486. The molecule has 1 saturated heterocycles. The maximum absolute atomic E-state index is 14.8. The second-order valence-corrected chi connectivity index (χ2v) is 6.13. The Bertz CT molecular complexity index is 855. The highest BCUT2D eigenvalue weighted by Gasteiger charge is 2.55. The lowest BCUT2D eigenvalue weighted by atomic mass is 9.98. The molecular weight excluding hydrogens is 345 g/mol. The molecule has 1 aromatic heterocycles. The third kappa shape index (κ3) is 3.24. The number of carbonyl (C=O) groups excluding carboxylic acids is 1. The van der Waals surface area contributed by atoms with E-state index in [0.717, 1.165) is 11.5 Å². The number of ether oxygens (including phenoxy) is 1. The van der Waals surface area contributed by atoms with Gasteiger partial charge < -0.3 is 20.3 Å². The van der Waals surface area contributed by atoms with Gasteiger partial charge in [-0.1, -0.05) is 18.2 Å². The van der Waals surface area contributed by atoms with Crippen molar-refractivity contribution >= 4 is 11.7 Å². The molecule has 8 nitrogen and oxygen atoms in total. The van der Waals surface area contributed by atoms with Gasteiger partial charge in [0.2, 0.25) is 0 Å². The molecule has 0 spiro atoms. The molecular formula is C17H18FN3O5. The van der Waals surface area contributed by atoms with Crippen LogP contribution in [0, 0.1) is 0 Å². The van der Waals surface area contributed by atoms with Crippen LogP contribution in [-0.2, 0) is 4.74 Å². The Kier molecular flexibility index (Phi) is 4.86. The first-order valence-corrected chi connectivity index (χ1v) is 7.93. The number of hydrogen-bond donors (Lipinski definition) is 3. The number of hydrogen-bond acceptors (Lipinski definition) is 6. The number of halogens is 1. The molecule has 3 N–H and O–H groups in total. The fraction of sp³-hybridized carbons (Fsp3) is 0.353. The maximum Gasteiger partial charge on any atom is 0.351 e. The van der Waals surface area contributed by atoms with Crippen LogP contribution in [0.2, 0.25) is 0 Å². The standard InChI is InChI=1S/C17H18FN3O5/c1-17(18)13(23)11(9-22)26-15(17)21-8-7-12(20-16(21)25)19-14(24)10-5-3-2-4-6-10/h2-8,11,13,15,22-23H,9H2,1H3,(H,19,20,24,25)/t11-,13-,15-,17-/m1/s1. The van der Waals surface area contributed by atoms with E-state index in [4.69, 9.17) is 9.84 Å². The zero-order valence-corrected chi connectivity index (χ0v) is 13.9. The number of anilines is 1. The molecule has 9 heteroatoms. The van der Waals surface area contributed by atoms with Gasteiger partial charge in [-0.3, -0.25) is 9.36 Å². The number of rotatable bonds is 4. The molecule has 4 atom stereocenters. The van der Waals surface area contributed by atoms with Gasteiger partial charge in [-0.05, 0) is 25.1 Å². The number of aliphatic hydroxyl groups excluding tert-OH is 2. The second-order valence-electron chi connectivity index (χ2n) is 6.13. The molecule has 0 unspecified atom stereocenters. The smallest absolute Gasteiger partial charge is 0.351 e. The Morgan fingerprint density at radius 2 is 2.08 bits per heavy atom. The molecule has 1 fully saturated rings. The Hall–Kier alpha value is -2.62. The maximum atomic E-state index is 14.8. The summed E-state index contributed by atoms with van der Waals surface area (Å²) in [5.41, 5.74) is -2.77. The summed E-state index contributed by atoms with van der Waals surface area (Å²) in [4.78, 5) is 28.0. The van der Waals surface area contributed by atoms with Crippen molar-refractivity contribution < 1.29 is 24.1 Å². The average Bonchev–Trinajstić information content (AvgIpc) is 2.85. The Morgan fingerprint density at radius 3 is 2.65 bits per heavy atom. The van der Waals surface area contributed by atoms with Crippen molar-refractivity contribution in [3.8, 4) is 0 Å². The van der Waals surface area contributed by atoms with E-state index >= 15 is 0 Å². The number of nitrogens with zero attached hydrogens (tertiary/aromatic N) is 2. The van der Waals surface area contributed by atoms with Crippen LogP contribution in [0.25, 0.3) is 0 Å². The Labute approximate surface area is 147 Å². The van der Waals surface area contributed by atoms with Gasteiger partial charge >= 0.3 is 5.69 Å². The predicted octanol–water partition coefficient (Wildman–Crippen LogP) is 0.474. The van der Waals surface area contributed by atoms with Crippen LogP contribution < -0.4 is 11.0 Å². The van der Waals surface area contributed by atoms with E-state index in [1.165, 1.54) is 12.3 Å². The van der Waals surface area contributed by atoms with Gasteiger partial charge in [-0.15, -0.1) is 0 Å². The summed E-state index contributed by atoms with van der Waals surface area (Å²) in [5.74, 6) is -0.448. The van der Waals surface area contributed by atoms with E-state index in [0.29, 0.717) is 5.56 Å². The highest BCUT2D eigenvalue weighted by molar-refractivity contribution is 6.03. The summed E-state index contributed by atoms with van der Waals surface area (Å²) < 4.78 is 20.9. The van der Waals surface area contributed by atoms with Crippen LogP contribution in [0.1, 0.15) is 23.5 Å². The first-order chi connectivity index (χ1) is 12.3. The van der Waals surface area contributed by atoms with Crippen LogP contribution >= 0.6 is 0 Å². The van der Waals surface area contributed by atoms with E-state index in [1.807, 2.05) is 0 Å². The number of benzene rings is 1. The molecule has 0 saturated carbocycles. The van der Waals surface area contributed by atoms with Gasteiger partial charge in [-0.25, -0.2) is 9.18 Å². The van der Waals surface area contributed by atoms with Crippen LogP contribution in [0.15, 0.2) is 47.4 Å². The number of carbonyl (C=O) groups is 1. The van der Waals surface area contributed by atoms with Gasteiger partial charge in [0.1, 0.15) is 18.0 Å². The predicted molar refractivity (Wildman–Crippen MR) is 89.4 cm³/mol. The highest BCUT2D eigenvalue weighted by atomic mass is 19.1. The van der Waals surface area contributed by atoms with E-state index in [2.05, 4.69) is 10.3 Å². The minimum absolute atomic E-state index is 0.00193. The molecule has 138 valence electrons. The second kappa shape index (κ2) is 6.94. The quantitative estimate of drug-likeness (QED) is 0.728. The molecule has 1 aliphatic heterocycles. The van der Waals surface area contributed by atoms with Crippen molar-refractivity contribution in [3.63, 3.8) is 0 Å². The number of aliphatic hydroxyl groups is 2. The fourth-order valence-electron chi connectivity index (χ4n) is 2.80. The topological polar surface area (TPSA) is 114 Å². The number of aromatic nitrogens is 2. The first kappa shape index (κ1) is 18.2. The minimum Gasteiger partial charge on any atom is -0.394 e. The zero-order chi connectivity index (χ0) is 18.9. The van der Waals surface area contributed by atoms with E-state index in [-0.39, 0.29) is 5.82 Å². The van der Waals surface area contributed by atoms with Crippen LogP contribution in [0.4, 0.5) is 10.2 Å². The molecule has 0 aliphatic carbocycles. The number of alkyl halides is 1. The van der Waals surface area contributed by atoms with Crippen molar-refractivity contribution in [3.05, 3.63) is 58.6 Å². The number of nitrogens with one attached hydrogen (secondary N) is 1. The lowest BCUT2D eigenvalue weighted by Crippen LogP contribution is -2.42. The summed E-state index contributed by atoms with van der Waals surface area (Å²) in [6.07, 6.45) is -2.99. The van der Waals surface area contributed by atoms with E-state index < -0.39 is 42.3 Å². The van der Waals surface area contributed by atoms with Gasteiger partial charge in [-0.2, -0.15) is 4.98 Å². The molecule has 0 bridgehead atoms. The third-order valence-corrected chi connectivity index (χ3v) is 4.26. The van der Waals surface area contributed by atoms with Crippen LogP contribution in [-0.4, -0.2) is 50.2 Å². The van der Waals surface area contributed by atoms with E-state index in [1.54, 1.807) is 30.3 Å². The molecule has 0 radical (unpaired) electrons. The molecule has 1 aliphatic rings. The largest absolute Gasteiger partial charge is 0.394 e. The molecule has 1 amide bonds. The highest BCUT2D eigenvalue weighted by Crippen LogP contribution is 2.40. The fourth-order valence-corrected chi connectivity index (χ4v) is 2.80. The van der Waals surface area contributed by atoms with Crippen molar-refractivity contribution in [2.24, 2.45) is 0 Å². The molecule has 1 aromatic carbocycles. The Balaban J connectivity index is 1.82. The normalized spacial score (nSPS) is 28.1. The molecule has 2 heterocycles. The van der Waals surface area contributed by atoms with Crippen LogP contribution in [0.5, 0.6) is 0 Å². The zero-order valence-electron chi connectivity index (χ0n) is 13.9.